The number of hydrogen-bond acceptors (Lipinski definition) is 1. The van der Waals surface area contributed by atoms with Crippen molar-refractivity contribution in [3.05, 3.63) is 194 Å². The van der Waals surface area contributed by atoms with Crippen LogP contribution >= 0.6 is 0 Å². The van der Waals surface area contributed by atoms with Crippen LogP contribution in [0.5, 0.6) is 0 Å². The van der Waals surface area contributed by atoms with Crippen molar-refractivity contribution in [1.82, 2.24) is 9.13 Å². The molecule has 11 rings (SSSR count). The van der Waals surface area contributed by atoms with Gasteiger partial charge in [-0.3, -0.25) is 0 Å². The minimum absolute atomic E-state index is 0.848. The average Bonchev–Trinajstić information content (AvgIpc) is 3.92. The highest BCUT2D eigenvalue weighted by atomic mass is 16.3. The minimum atomic E-state index is 0.848. The third-order valence-corrected chi connectivity index (χ3v) is 10.7. The smallest absolute Gasteiger partial charge is 0.135 e. The Hall–Kier alpha value is -7.10. The Balaban J connectivity index is 1.25. The quantitative estimate of drug-likeness (QED) is 0.178. The van der Waals surface area contributed by atoms with Crippen LogP contribution in [-0.4, -0.2) is 9.13 Å². The average molecular weight is 677 g/mol. The van der Waals surface area contributed by atoms with Crippen LogP contribution in [0.2, 0.25) is 0 Å². The predicted octanol–water partition coefficient (Wildman–Crippen LogP) is 13.6. The zero-order chi connectivity index (χ0) is 34.9. The summed E-state index contributed by atoms with van der Waals surface area (Å²) in [4.78, 5) is 0. The van der Waals surface area contributed by atoms with Crippen molar-refractivity contribution < 1.29 is 4.42 Å². The van der Waals surface area contributed by atoms with Gasteiger partial charge in [-0.2, -0.15) is 0 Å². The molecule has 0 unspecified atom stereocenters. The van der Waals surface area contributed by atoms with Gasteiger partial charge < -0.3 is 13.6 Å². The summed E-state index contributed by atoms with van der Waals surface area (Å²) in [6.07, 6.45) is 0. The lowest BCUT2D eigenvalue weighted by molar-refractivity contribution is 0.631. The van der Waals surface area contributed by atoms with E-state index < -0.39 is 0 Å². The van der Waals surface area contributed by atoms with Gasteiger partial charge in [-0.1, -0.05) is 127 Å². The summed E-state index contributed by atoms with van der Waals surface area (Å²) < 4.78 is 11.4. The fourth-order valence-electron chi connectivity index (χ4n) is 8.40. The van der Waals surface area contributed by atoms with Gasteiger partial charge in [0.05, 0.1) is 22.1 Å². The van der Waals surface area contributed by atoms with Gasteiger partial charge in [-0.15, -0.1) is 0 Å². The number of benzene rings is 8. The fraction of sp³-hybridized carbons (Fsp3) is 0. The van der Waals surface area contributed by atoms with Crippen LogP contribution in [0.25, 0.3) is 99.5 Å². The van der Waals surface area contributed by atoms with E-state index in [0.717, 1.165) is 55.9 Å². The van der Waals surface area contributed by atoms with E-state index >= 15 is 0 Å². The molecular weight excluding hydrogens is 645 g/mol. The van der Waals surface area contributed by atoms with Crippen LogP contribution in [0.4, 0.5) is 0 Å². The topological polar surface area (TPSA) is 23.0 Å². The van der Waals surface area contributed by atoms with Crippen LogP contribution in [0, 0.1) is 0 Å². The molecule has 3 nitrogen and oxygen atoms in total. The molecule has 3 aromatic heterocycles. The third kappa shape index (κ3) is 4.61. The Morgan fingerprint density at radius 2 is 0.792 bits per heavy atom. The number of furan rings is 1. The van der Waals surface area contributed by atoms with Crippen LogP contribution in [-0.2, 0) is 0 Å². The Bertz CT molecular complexity index is 2950. The second-order valence-electron chi connectivity index (χ2n) is 13.7. The number of aromatic nitrogens is 2. The van der Waals surface area contributed by atoms with Crippen LogP contribution in [0.3, 0.4) is 0 Å². The lowest BCUT2D eigenvalue weighted by Crippen LogP contribution is -1.96. The molecule has 11 aromatic rings. The molecule has 8 aromatic carbocycles. The summed E-state index contributed by atoms with van der Waals surface area (Å²) in [5, 5.41) is 6.01. The molecule has 0 bridgehead atoms. The third-order valence-electron chi connectivity index (χ3n) is 10.7. The van der Waals surface area contributed by atoms with Crippen LogP contribution in [0.1, 0.15) is 0 Å². The predicted molar refractivity (Wildman–Crippen MR) is 221 cm³/mol. The first-order valence-electron chi connectivity index (χ1n) is 18.1. The minimum Gasteiger partial charge on any atom is -0.456 e. The molecule has 0 atom stereocenters. The SMILES string of the molecule is c1ccc(-n2c3ccccc3c3cccc(-c4cc(-c5cc6ccccc6o5)cc(-c5cccc6c7ccccc7n(-c7ccccc7)c56)c4)c32)cc1. The largest absolute Gasteiger partial charge is 0.456 e. The zero-order valence-electron chi connectivity index (χ0n) is 28.8. The fourth-order valence-corrected chi connectivity index (χ4v) is 8.40. The Morgan fingerprint density at radius 1 is 0.340 bits per heavy atom. The van der Waals surface area contributed by atoms with E-state index in [0.29, 0.717) is 0 Å². The molecule has 0 spiro atoms. The van der Waals surface area contributed by atoms with E-state index in [2.05, 4.69) is 191 Å². The second kappa shape index (κ2) is 11.7. The number of para-hydroxylation sites is 7. The summed E-state index contributed by atoms with van der Waals surface area (Å²) in [5.74, 6) is 0.848. The molecule has 0 N–H and O–H groups in total. The second-order valence-corrected chi connectivity index (χ2v) is 13.7. The maximum absolute atomic E-state index is 6.58. The highest BCUT2D eigenvalue weighted by Crippen LogP contribution is 2.44. The van der Waals surface area contributed by atoms with Gasteiger partial charge in [0.25, 0.3) is 0 Å². The van der Waals surface area contributed by atoms with Gasteiger partial charge in [0, 0.05) is 55.0 Å². The number of nitrogens with zero attached hydrogens (tertiary/aromatic N) is 2. The lowest BCUT2D eigenvalue weighted by Gasteiger charge is -2.15. The molecule has 0 saturated carbocycles. The number of fused-ring (bicyclic) bond motifs is 7. The van der Waals surface area contributed by atoms with Gasteiger partial charge in [-0.25, -0.2) is 0 Å². The standard InChI is InChI=1S/C50H32N2O/c1-3-16-37(17-4-1)51-45-26-10-8-20-41(45)43-24-13-22-39(49(43)51)34-29-35(31-36(30-34)48-32-33-15-7-12-28-47(33)53-48)40-23-14-25-44-42-21-9-11-27-46(42)52(50(40)44)38-18-5-2-6-19-38/h1-32H. The van der Waals surface area contributed by atoms with E-state index in [4.69, 9.17) is 4.42 Å². The maximum atomic E-state index is 6.58. The van der Waals surface area contributed by atoms with E-state index in [9.17, 15) is 0 Å². The van der Waals surface area contributed by atoms with E-state index in [-0.39, 0.29) is 0 Å². The Labute approximate surface area is 306 Å². The van der Waals surface area contributed by atoms with Crippen molar-refractivity contribution in [2.24, 2.45) is 0 Å². The molecule has 3 heteroatoms. The van der Waals surface area contributed by atoms with Crippen molar-refractivity contribution in [3.63, 3.8) is 0 Å². The van der Waals surface area contributed by atoms with Crippen molar-refractivity contribution in [1.29, 1.82) is 0 Å². The van der Waals surface area contributed by atoms with Gasteiger partial charge in [0.2, 0.25) is 0 Å². The highest BCUT2D eigenvalue weighted by Gasteiger charge is 2.21. The summed E-state index contributed by atoms with van der Waals surface area (Å²) in [6.45, 7) is 0. The van der Waals surface area contributed by atoms with Crippen molar-refractivity contribution in [2.75, 3.05) is 0 Å². The van der Waals surface area contributed by atoms with Crippen LogP contribution < -0.4 is 0 Å². The molecule has 0 radical (unpaired) electrons. The Morgan fingerprint density at radius 3 is 1.34 bits per heavy atom. The normalized spacial score (nSPS) is 11.8. The van der Waals surface area contributed by atoms with E-state index in [1.165, 1.54) is 43.6 Å². The Kier molecular flexibility index (Phi) is 6.55. The first-order valence-corrected chi connectivity index (χ1v) is 18.1. The summed E-state index contributed by atoms with van der Waals surface area (Å²) in [6, 6.07) is 69.7. The van der Waals surface area contributed by atoms with Gasteiger partial charge in [0.1, 0.15) is 11.3 Å². The molecule has 0 aliphatic carbocycles. The van der Waals surface area contributed by atoms with Gasteiger partial charge in [0.15, 0.2) is 0 Å². The summed E-state index contributed by atoms with van der Waals surface area (Å²) in [5.41, 5.74) is 13.5. The monoisotopic (exact) mass is 676 g/mol. The molecule has 0 saturated heterocycles. The molecule has 0 fully saturated rings. The molecule has 53 heavy (non-hydrogen) atoms. The molecular formula is C50H32N2O. The summed E-state index contributed by atoms with van der Waals surface area (Å²) in [7, 11) is 0. The van der Waals surface area contributed by atoms with Gasteiger partial charge in [-0.05, 0) is 77.9 Å². The number of rotatable bonds is 5. The van der Waals surface area contributed by atoms with Crippen molar-refractivity contribution in [3.8, 4) is 45.0 Å². The highest BCUT2D eigenvalue weighted by molar-refractivity contribution is 6.16. The number of hydrogen-bond donors (Lipinski definition) is 0. The summed E-state index contributed by atoms with van der Waals surface area (Å²) >= 11 is 0. The van der Waals surface area contributed by atoms with E-state index in [1.54, 1.807) is 0 Å². The van der Waals surface area contributed by atoms with Gasteiger partial charge >= 0.3 is 0 Å². The van der Waals surface area contributed by atoms with Crippen molar-refractivity contribution in [2.45, 2.75) is 0 Å². The van der Waals surface area contributed by atoms with E-state index in [1.807, 2.05) is 12.1 Å². The molecule has 248 valence electrons. The zero-order valence-corrected chi connectivity index (χ0v) is 28.8. The first-order chi connectivity index (χ1) is 26.3. The van der Waals surface area contributed by atoms with Crippen molar-refractivity contribution >= 4 is 54.6 Å². The molecule has 3 heterocycles. The first kappa shape index (κ1) is 29.6. The molecule has 0 aliphatic rings. The molecule has 0 aliphatic heterocycles. The maximum Gasteiger partial charge on any atom is 0.135 e. The lowest BCUT2D eigenvalue weighted by atomic mass is 9.93. The van der Waals surface area contributed by atoms with Crippen LogP contribution in [0.15, 0.2) is 199 Å². The molecule has 0 amide bonds.